The first-order valence-electron chi connectivity index (χ1n) is 11.4. The van der Waals surface area contributed by atoms with Gasteiger partial charge in [0.1, 0.15) is 24.8 Å². The van der Waals surface area contributed by atoms with Crippen LogP contribution in [0.15, 0.2) is 96.1 Å². The summed E-state index contributed by atoms with van der Waals surface area (Å²) in [6, 6.07) is 26.7. The number of hydrogen-bond acceptors (Lipinski definition) is 5. The summed E-state index contributed by atoms with van der Waals surface area (Å²) in [6.07, 6.45) is 1.51. The molecule has 0 radical (unpaired) electrons. The Bertz CT molecular complexity index is 1400. The number of para-hydroxylation sites is 1. The van der Waals surface area contributed by atoms with Gasteiger partial charge in [0.2, 0.25) is 0 Å². The number of rotatable bonds is 10. The van der Waals surface area contributed by atoms with E-state index in [-0.39, 0.29) is 12.4 Å². The topological polar surface area (TPSA) is 69.2 Å². The van der Waals surface area contributed by atoms with Crippen LogP contribution in [0, 0.1) is 9.39 Å². The van der Waals surface area contributed by atoms with Crippen LogP contribution in [0.25, 0.3) is 0 Å². The van der Waals surface area contributed by atoms with Gasteiger partial charge in [-0.3, -0.25) is 4.79 Å². The summed E-state index contributed by atoms with van der Waals surface area (Å²) in [4.78, 5) is 12.8. The molecule has 4 aromatic rings. The van der Waals surface area contributed by atoms with Crippen LogP contribution in [-0.4, -0.2) is 19.2 Å². The Morgan fingerprint density at radius 3 is 2.43 bits per heavy atom. The molecule has 0 bridgehead atoms. The lowest BCUT2D eigenvalue weighted by molar-refractivity contribution is 0.0950. The van der Waals surface area contributed by atoms with E-state index in [9.17, 15) is 9.18 Å². The van der Waals surface area contributed by atoms with Crippen molar-refractivity contribution in [3.8, 4) is 17.2 Å². The molecule has 4 rings (SSSR count). The first-order chi connectivity index (χ1) is 18.0. The summed E-state index contributed by atoms with van der Waals surface area (Å²) >= 11 is 2.11. The van der Waals surface area contributed by atoms with Crippen LogP contribution in [0.1, 0.15) is 27.0 Å². The SMILES string of the molecule is COc1cc(/C=N/NC(=O)c2ccccc2OCc2ccccc2)cc(I)c1OCc1ccccc1F. The Kier molecular flexibility index (Phi) is 9.09. The van der Waals surface area contributed by atoms with E-state index in [0.717, 1.165) is 9.13 Å². The predicted molar refractivity (Wildman–Crippen MR) is 149 cm³/mol. The minimum absolute atomic E-state index is 0.0638. The molecule has 0 heterocycles. The summed E-state index contributed by atoms with van der Waals surface area (Å²) in [5.41, 5.74) is 5.05. The van der Waals surface area contributed by atoms with Gasteiger partial charge < -0.3 is 14.2 Å². The van der Waals surface area contributed by atoms with Crippen LogP contribution in [-0.2, 0) is 13.2 Å². The lowest BCUT2D eigenvalue weighted by Crippen LogP contribution is -2.18. The fraction of sp³-hybridized carbons (Fsp3) is 0.103. The van der Waals surface area contributed by atoms with Gasteiger partial charge in [0, 0.05) is 5.56 Å². The molecule has 0 aromatic heterocycles. The van der Waals surface area contributed by atoms with E-state index in [1.807, 2.05) is 42.5 Å². The van der Waals surface area contributed by atoms with Crippen molar-refractivity contribution in [2.75, 3.05) is 7.11 Å². The average molecular weight is 610 g/mol. The van der Waals surface area contributed by atoms with Crippen molar-refractivity contribution >= 4 is 34.7 Å². The third kappa shape index (κ3) is 7.07. The van der Waals surface area contributed by atoms with Crippen molar-refractivity contribution < 1.29 is 23.4 Å². The highest BCUT2D eigenvalue weighted by Gasteiger charge is 2.14. The van der Waals surface area contributed by atoms with Crippen molar-refractivity contribution in [3.05, 3.63) is 123 Å². The lowest BCUT2D eigenvalue weighted by atomic mass is 10.2. The zero-order valence-corrected chi connectivity index (χ0v) is 22.1. The maximum Gasteiger partial charge on any atom is 0.275 e. The second-order valence-corrected chi connectivity index (χ2v) is 9.05. The van der Waals surface area contributed by atoms with Gasteiger partial charge in [0.05, 0.1) is 22.5 Å². The minimum atomic E-state index is -0.397. The molecule has 0 atom stereocenters. The Morgan fingerprint density at radius 1 is 0.919 bits per heavy atom. The Hall–Kier alpha value is -3.92. The maximum absolute atomic E-state index is 13.9. The molecule has 0 saturated carbocycles. The summed E-state index contributed by atoms with van der Waals surface area (Å²) < 4.78 is 31.9. The zero-order chi connectivity index (χ0) is 26.0. The fourth-order valence-electron chi connectivity index (χ4n) is 3.46. The molecular formula is C29H24FIN2O4. The highest BCUT2D eigenvalue weighted by Crippen LogP contribution is 2.34. The molecule has 0 saturated heterocycles. The van der Waals surface area contributed by atoms with Gasteiger partial charge >= 0.3 is 0 Å². The van der Waals surface area contributed by atoms with Crippen LogP contribution in [0.2, 0.25) is 0 Å². The normalized spacial score (nSPS) is 10.8. The number of carbonyl (C=O) groups excluding carboxylic acids is 1. The number of carbonyl (C=O) groups is 1. The second-order valence-electron chi connectivity index (χ2n) is 7.88. The van der Waals surface area contributed by atoms with Gasteiger partial charge in [-0.25, -0.2) is 9.82 Å². The zero-order valence-electron chi connectivity index (χ0n) is 20.0. The molecule has 0 aliphatic rings. The van der Waals surface area contributed by atoms with E-state index in [4.69, 9.17) is 14.2 Å². The Labute approximate surface area is 228 Å². The highest BCUT2D eigenvalue weighted by molar-refractivity contribution is 14.1. The van der Waals surface area contributed by atoms with Gasteiger partial charge in [-0.2, -0.15) is 5.10 Å². The molecule has 0 fully saturated rings. The molecule has 1 N–H and O–H groups in total. The number of methoxy groups -OCH3 is 1. The fourth-order valence-corrected chi connectivity index (χ4v) is 4.24. The lowest BCUT2D eigenvalue weighted by Gasteiger charge is -2.14. The van der Waals surface area contributed by atoms with Crippen LogP contribution >= 0.6 is 22.6 Å². The largest absolute Gasteiger partial charge is 0.493 e. The monoisotopic (exact) mass is 610 g/mol. The summed E-state index contributed by atoms with van der Waals surface area (Å²) in [7, 11) is 1.52. The van der Waals surface area contributed by atoms with Crippen LogP contribution in [0.5, 0.6) is 17.2 Å². The van der Waals surface area contributed by atoms with E-state index in [2.05, 4.69) is 33.1 Å². The molecule has 8 heteroatoms. The molecule has 6 nitrogen and oxygen atoms in total. The Morgan fingerprint density at radius 2 is 1.65 bits per heavy atom. The second kappa shape index (κ2) is 12.9. The van der Waals surface area contributed by atoms with Crippen LogP contribution < -0.4 is 19.6 Å². The van der Waals surface area contributed by atoms with E-state index < -0.39 is 5.91 Å². The van der Waals surface area contributed by atoms with Crippen LogP contribution in [0.3, 0.4) is 0 Å². The van der Waals surface area contributed by atoms with Crippen molar-refractivity contribution in [2.24, 2.45) is 5.10 Å². The summed E-state index contributed by atoms with van der Waals surface area (Å²) in [6.45, 7) is 0.409. The third-order valence-corrected chi connectivity index (χ3v) is 6.13. The molecule has 1 amide bonds. The van der Waals surface area contributed by atoms with Gasteiger partial charge in [-0.1, -0.05) is 60.7 Å². The first-order valence-corrected chi connectivity index (χ1v) is 12.5. The predicted octanol–water partition coefficient (Wildman–Crippen LogP) is 6.36. The molecule has 37 heavy (non-hydrogen) atoms. The van der Waals surface area contributed by atoms with Gasteiger partial charge in [-0.05, 0) is 64.0 Å². The van der Waals surface area contributed by atoms with E-state index in [0.29, 0.717) is 40.5 Å². The minimum Gasteiger partial charge on any atom is -0.493 e. The summed E-state index contributed by atoms with van der Waals surface area (Å²) in [5, 5.41) is 4.10. The van der Waals surface area contributed by atoms with Crippen molar-refractivity contribution in [3.63, 3.8) is 0 Å². The quantitative estimate of drug-likeness (QED) is 0.129. The first kappa shape index (κ1) is 26.2. The molecular weight excluding hydrogens is 586 g/mol. The number of nitrogens with one attached hydrogen (secondary N) is 1. The van der Waals surface area contributed by atoms with Crippen molar-refractivity contribution in [1.29, 1.82) is 0 Å². The van der Waals surface area contributed by atoms with E-state index in [1.165, 1.54) is 19.4 Å². The van der Waals surface area contributed by atoms with Gasteiger partial charge in [0.15, 0.2) is 11.5 Å². The number of halogens is 2. The van der Waals surface area contributed by atoms with Crippen molar-refractivity contribution in [1.82, 2.24) is 5.43 Å². The molecule has 0 aliphatic carbocycles. The number of hydrazone groups is 1. The molecule has 188 valence electrons. The smallest absolute Gasteiger partial charge is 0.275 e. The maximum atomic E-state index is 13.9. The van der Waals surface area contributed by atoms with E-state index in [1.54, 1.807) is 42.5 Å². The van der Waals surface area contributed by atoms with Crippen molar-refractivity contribution in [2.45, 2.75) is 13.2 Å². The standard InChI is InChI=1S/C29H24FIN2O4/c1-35-27-16-21(15-25(31)28(27)37-19-22-11-5-7-13-24(22)30)17-32-33-29(34)23-12-6-8-14-26(23)36-18-20-9-3-2-4-10-20/h2-17H,18-19H2,1H3,(H,33,34)/b32-17+. The third-order valence-electron chi connectivity index (χ3n) is 5.33. The Balaban J connectivity index is 1.41. The van der Waals surface area contributed by atoms with E-state index >= 15 is 0 Å². The molecule has 0 unspecified atom stereocenters. The number of nitrogens with zero attached hydrogens (tertiary/aromatic N) is 1. The average Bonchev–Trinajstić information content (AvgIpc) is 2.92. The molecule has 4 aromatic carbocycles. The number of hydrogen-bond donors (Lipinski definition) is 1. The number of amides is 1. The molecule has 0 spiro atoms. The van der Waals surface area contributed by atoms with Crippen LogP contribution in [0.4, 0.5) is 4.39 Å². The highest BCUT2D eigenvalue weighted by atomic mass is 127. The van der Waals surface area contributed by atoms with Gasteiger partial charge in [-0.15, -0.1) is 0 Å². The molecule has 0 aliphatic heterocycles. The summed E-state index contributed by atoms with van der Waals surface area (Å²) in [5.74, 6) is 0.703. The number of ether oxygens (including phenoxy) is 3. The number of benzene rings is 4. The van der Waals surface area contributed by atoms with Gasteiger partial charge in [0.25, 0.3) is 5.91 Å².